The molecule has 7 nitrogen and oxygen atoms in total. The number of hydrogen-bond acceptors (Lipinski definition) is 5. The Hall–Kier alpha value is -2.22. The van der Waals surface area contributed by atoms with Crippen LogP contribution in [0.1, 0.15) is 10.5 Å². The maximum Gasteiger partial charge on any atom is 0.358 e. The molecule has 0 fully saturated rings. The molecule has 0 aliphatic carbocycles. The molecule has 1 aromatic carbocycles. The third-order valence-corrected chi connectivity index (χ3v) is 3.37. The van der Waals surface area contributed by atoms with Crippen LogP contribution in [0.4, 0.5) is 0 Å². The van der Waals surface area contributed by atoms with E-state index in [2.05, 4.69) is 10.3 Å². The van der Waals surface area contributed by atoms with E-state index in [1.807, 2.05) is 0 Å². The number of aromatic nitrogens is 3. The molecule has 8 heteroatoms. The number of hydrogen-bond donors (Lipinski definition) is 1. The summed E-state index contributed by atoms with van der Waals surface area (Å²) < 4.78 is 23.8. The zero-order chi connectivity index (χ0) is 13.3. The maximum atomic E-state index is 11.3. The number of nitrogens with zero attached hydrogens (tertiary/aromatic N) is 3. The highest BCUT2D eigenvalue weighted by molar-refractivity contribution is 7.90. The number of carboxylic acids is 1. The van der Waals surface area contributed by atoms with Gasteiger partial charge in [-0.15, -0.1) is 5.10 Å². The van der Waals surface area contributed by atoms with E-state index >= 15 is 0 Å². The van der Waals surface area contributed by atoms with E-state index < -0.39 is 15.8 Å². The predicted octanol–water partition coefficient (Wildman–Crippen LogP) is 0.369. The van der Waals surface area contributed by atoms with E-state index in [-0.39, 0.29) is 10.6 Å². The summed E-state index contributed by atoms with van der Waals surface area (Å²) in [5, 5.41) is 15.8. The van der Waals surface area contributed by atoms with Crippen molar-refractivity contribution in [1.82, 2.24) is 15.0 Å². The Kier molecular flexibility index (Phi) is 2.87. The first-order valence-electron chi connectivity index (χ1n) is 4.84. The van der Waals surface area contributed by atoms with Gasteiger partial charge in [0.25, 0.3) is 0 Å². The van der Waals surface area contributed by atoms with Crippen molar-refractivity contribution < 1.29 is 18.3 Å². The molecule has 0 aliphatic rings. The summed E-state index contributed by atoms with van der Waals surface area (Å²) >= 11 is 0. The second kappa shape index (κ2) is 4.22. The normalized spacial score (nSPS) is 11.4. The Bertz CT molecular complexity index is 688. The van der Waals surface area contributed by atoms with Crippen LogP contribution in [0, 0.1) is 0 Å². The van der Waals surface area contributed by atoms with Gasteiger partial charge >= 0.3 is 5.97 Å². The molecule has 0 unspecified atom stereocenters. The van der Waals surface area contributed by atoms with Crippen molar-refractivity contribution in [2.75, 3.05) is 6.26 Å². The molecule has 2 rings (SSSR count). The quantitative estimate of drug-likeness (QED) is 0.861. The van der Waals surface area contributed by atoms with Gasteiger partial charge < -0.3 is 5.11 Å². The molecule has 1 aromatic heterocycles. The number of carboxylic acid groups (broad SMARTS) is 1. The lowest BCUT2D eigenvalue weighted by molar-refractivity contribution is 0.0690. The molecule has 0 atom stereocenters. The molecule has 0 amide bonds. The summed E-state index contributed by atoms with van der Waals surface area (Å²) in [7, 11) is -3.25. The highest BCUT2D eigenvalue weighted by Crippen LogP contribution is 2.13. The predicted molar refractivity (Wildman–Crippen MR) is 61.4 cm³/mol. The van der Waals surface area contributed by atoms with Crippen LogP contribution in [0.3, 0.4) is 0 Å². The molecule has 0 spiro atoms. The monoisotopic (exact) mass is 267 g/mol. The zero-order valence-electron chi connectivity index (χ0n) is 9.31. The molecule has 18 heavy (non-hydrogen) atoms. The minimum absolute atomic E-state index is 0.179. The number of carbonyl (C=O) groups is 1. The first-order valence-corrected chi connectivity index (χ1v) is 6.73. The average molecular weight is 267 g/mol. The van der Waals surface area contributed by atoms with E-state index in [1.54, 1.807) is 0 Å². The SMILES string of the molecule is CS(=O)(=O)c1ccc(-n2cc(C(=O)O)nn2)cc1. The molecule has 0 aliphatic heterocycles. The number of sulfone groups is 1. The highest BCUT2D eigenvalue weighted by Gasteiger charge is 2.10. The third kappa shape index (κ3) is 2.38. The molecule has 2 aromatic rings. The summed E-state index contributed by atoms with van der Waals surface area (Å²) in [6.45, 7) is 0. The van der Waals surface area contributed by atoms with E-state index in [0.29, 0.717) is 5.69 Å². The minimum Gasteiger partial charge on any atom is -0.476 e. The lowest BCUT2D eigenvalue weighted by atomic mass is 10.3. The summed E-state index contributed by atoms with van der Waals surface area (Å²) in [4.78, 5) is 10.8. The molecule has 1 N–H and O–H groups in total. The van der Waals surface area contributed by atoms with Gasteiger partial charge in [-0.2, -0.15) is 0 Å². The van der Waals surface area contributed by atoms with Crippen molar-refractivity contribution in [3.63, 3.8) is 0 Å². The lowest BCUT2D eigenvalue weighted by Gasteiger charge is -2.01. The van der Waals surface area contributed by atoms with E-state index in [0.717, 1.165) is 6.26 Å². The topological polar surface area (TPSA) is 102 Å². The Labute approximate surface area is 103 Å². The standard InChI is InChI=1S/C10H9N3O4S/c1-18(16,17)8-4-2-7(3-5-8)13-6-9(10(14)15)11-12-13/h2-6H,1H3,(H,14,15). The molecule has 0 saturated heterocycles. The highest BCUT2D eigenvalue weighted by atomic mass is 32.2. The molecular formula is C10H9N3O4S. The summed E-state index contributed by atoms with van der Waals surface area (Å²) in [5.74, 6) is -1.17. The fourth-order valence-corrected chi connectivity index (χ4v) is 1.96. The van der Waals surface area contributed by atoms with Gasteiger partial charge in [0.1, 0.15) is 0 Å². The Morgan fingerprint density at radius 2 is 1.89 bits per heavy atom. The summed E-state index contributed by atoms with van der Waals surface area (Å²) in [6.07, 6.45) is 2.36. The van der Waals surface area contributed by atoms with Crippen LogP contribution in [0.2, 0.25) is 0 Å². The van der Waals surface area contributed by atoms with Gasteiger partial charge in [0, 0.05) is 6.26 Å². The van der Waals surface area contributed by atoms with Crippen LogP contribution in [0.25, 0.3) is 5.69 Å². The molecule has 0 saturated carbocycles. The average Bonchev–Trinajstić information content (AvgIpc) is 2.77. The van der Waals surface area contributed by atoms with Crippen molar-refractivity contribution >= 4 is 15.8 Å². The van der Waals surface area contributed by atoms with Gasteiger partial charge in [0.15, 0.2) is 15.5 Å². The van der Waals surface area contributed by atoms with Gasteiger partial charge in [-0.05, 0) is 24.3 Å². The van der Waals surface area contributed by atoms with Gasteiger partial charge in [0.2, 0.25) is 0 Å². The van der Waals surface area contributed by atoms with Crippen LogP contribution in [0.5, 0.6) is 0 Å². The fourth-order valence-electron chi connectivity index (χ4n) is 1.33. The van der Waals surface area contributed by atoms with Gasteiger partial charge in [0.05, 0.1) is 16.8 Å². The van der Waals surface area contributed by atoms with E-state index in [1.165, 1.54) is 35.1 Å². The molecule has 0 radical (unpaired) electrons. The van der Waals surface area contributed by atoms with Crippen molar-refractivity contribution in [2.45, 2.75) is 4.90 Å². The molecule has 1 heterocycles. The number of benzene rings is 1. The van der Waals surface area contributed by atoms with Crippen molar-refractivity contribution in [3.05, 3.63) is 36.2 Å². The lowest BCUT2D eigenvalue weighted by Crippen LogP contribution is -1.99. The van der Waals surface area contributed by atoms with Gasteiger partial charge in [-0.1, -0.05) is 5.21 Å². The largest absolute Gasteiger partial charge is 0.476 e. The maximum absolute atomic E-state index is 11.3. The second-order valence-corrected chi connectivity index (χ2v) is 5.64. The van der Waals surface area contributed by atoms with Crippen LogP contribution in [0.15, 0.2) is 35.4 Å². The smallest absolute Gasteiger partial charge is 0.358 e. The fraction of sp³-hybridized carbons (Fsp3) is 0.100. The van der Waals surface area contributed by atoms with E-state index in [4.69, 9.17) is 5.11 Å². The minimum atomic E-state index is -3.25. The number of aromatic carboxylic acids is 1. The molecular weight excluding hydrogens is 258 g/mol. The van der Waals surface area contributed by atoms with Gasteiger partial charge in [-0.3, -0.25) is 0 Å². The third-order valence-electron chi connectivity index (χ3n) is 2.24. The Morgan fingerprint density at radius 1 is 1.28 bits per heavy atom. The van der Waals surface area contributed by atoms with Crippen LogP contribution in [-0.4, -0.2) is 40.7 Å². The van der Waals surface area contributed by atoms with Crippen molar-refractivity contribution in [1.29, 1.82) is 0 Å². The first-order chi connectivity index (χ1) is 8.38. The summed E-state index contributed by atoms with van der Waals surface area (Å²) in [6, 6.07) is 5.90. The van der Waals surface area contributed by atoms with Crippen molar-refractivity contribution in [2.24, 2.45) is 0 Å². The van der Waals surface area contributed by atoms with Gasteiger partial charge in [-0.25, -0.2) is 17.9 Å². The Balaban J connectivity index is 2.37. The summed E-state index contributed by atoms with van der Waals surface area (Å²) in [5.41, 5.74) is 0.351. The van der Waals surface area contributed by atoms with Crippen molar-refractivity contribution in [3.8, 4) is 5.69 Å². The zero-order valence-corrected chi connectivity index (χ0v) is 10.1. The van der Waals surface area contributed by atoms with E-state index in [9.17, 15) is 13.2 Å². The van der Waals surface area contributed by atoms with Crippen LogP contribution in [-0.2, 0) is 9.84 Å². The molecule has 0 bridgehead atoms. The Morgan fingerprint density at radius 3 is 2.33 bits per heavy atom. The first kappa shape index (κ1) is 12.2. The van der Waals surface area contributed by atoms with Crippen LogP contribution < -0.4 is 0 Å². The van der Waals surface area contributed by atoms with Crippen LogP contribution >= 0.6 is 0 Å². The second-order valence-electron chi connectivity index (χ2n) is 3.62. The number of rotatable bonds is 3. The molecule has 94 valence electrons.